The maximum Gasteiger partial charge on any atom is 0.293 e. The third-order valence-corrected chi connectivity index (χ3v) is 6.71. The first kappa shape index (κ1) is 24.4. The highest BCUT2D eigenvalue weighted by molar-refractivity contribution is 7.80. The summed E-state index contributed by atoms with van der Waals surface area (Å²) in [5.74, 6) is -0.0105. The number of nitro benzene ring substituents is 1. The van der Waals surface area contributed by atoms with Crippen LogP contribution in [0.25, 0.3) is 22.6 Å². The van der Waals surface area contributed by atoms with Crippen LogP contribution in [-0.4, -0.2) is 34.0 Å². The Morgan fingerprint density at radius 2 is 1.76 bits per heavy atom. The Hall–Kier alpha value is -4.31. The number of amides is 1. The van der Waals surface area contributed by atoms with Gasteiger partial charge in [-0.3, -0.25) is 20.2 Å². The lowest BCUT2D eigenvalue weighted by molar-refractivity contribution is -0.384. The topological polar surface area (TPSA) is 114 Å². The van der Waals surface area contributed by atoms with E-state index in [0.717, 1.165) is 53.7 Å². The number of aromatic nitrogens is 1. The number of nitrogens with zero attached hydrogens (tertiary/aromatic N) is 3. The molecule has 4 aromatic rings. The molecule has 0 aliphatic carbocycles. The summed E-state index contributed by atoms with van der Waals surface area (Å²) in [7, 11) is 0. The maximum absolute atomic E-state index is 12.7. The molecule has 37 heavy (non-hydrogen) atoms. The van der Waals surface area contributed by atoms with E-state index in [2.05, 4.69) is 15.6 Å². The fourth-order valence-electron chi connectivity index (χ4n) is 4.37. The van der Waals surface area contributed by atoms with Gasteiger partial charge in [-0.05, 0) is 98.6 Å². The lowest BCUT2D eigenvalue weighted by atomic mass is 10.1. The van der Waals surface area contributed by atoms with E-state index in [1.807, 2.05) is 43.0 Å². The molecule has 2 heterocycles. The number of nitrogens with one attached hydrogen (secondary N) is 2. The fourth-order valence-corrected chi connectivity index (χ4v) is 4.58. The van der Waals surface area contributed by atoms with Gasteiger partial charge in [0, 0.05) is 36.0 Å². The molecule has 1 saturated heterocycles. The molecule has 0 saturated carbocycles. The Bertz CT molecular complexity index is 1490. The molecule has 1 aromatic heterocycles. The standard InChI is InChI=1S/C27H25N5O4S/c1-16-13-21-24(14-17(16)2)36-26(29-21)18-5-8-20(9-6-18)28-27(37)30-25(33)19-7-10-22(23(15-19)32(34)35)31-11-3-4-12-31/h5-10,13-15H,3-4,11-12H2,1-2H3,(H2,28,30,33,37). The Morgan fingerprint density at radius 3 is 2.46 bits per heavy atom. The highest BCUT2D eigenvalue weighted by Crippen LogP contribution is 2.32. The van der Waals surface area contributed by atoms with Crippen molar-refractivity contribution in [3.63, 3.8) is 0 Å². The number of nitro groups is 1. The van der Waals surface area contributed by atoms with Gasteiger partial charge in [-0.2, -0.15) is 0 Å². The summed E-state index contributed by atoms with van der Waals surface area (Å²) in [5.41, 5.74) is 5.90. The van der Waals surface area contributed by atoms with Crippen LogP contribution < -0.4 is 15.5 Å². The first-order valence-electron chi connectivity index (χ1n) is 11.9. The third-order valence-electron chi connectivity index (χ3n) is 6.50. The summed E-state index contributed by atoms with van der Waals surface area (Å²) in [6.07, 6.45) is 1.99. The largest absolute Gasteiger partial charge is 0.436 e. The Labute approximate surface area is 218 Å². The van der Waals surface area contributed by atoms with Crippen molar-refractivity contribution < 1.29 is 14.1 Å². The van der Waals surface area contributed by atoms with Gasteiger partial charge >= 0.3 is 0 Å². The first-order chi connectivity index (χ1) is 17.8. The van der Waals surface area contributed by atoms with Crippen LogP contribution in [-0.2, 0) is 0 Å². The number of carbonyl (C=O) groups is 1. The molecule has 5 rings (SSSR count). The van der Waals surface area contributed by atoms with Crippen molar-refractivity contribution in [3.05, 3.63) is 81.4 Å². The monoisotopic (exact) mass is 515 g/mol. The van der Waals surface area contributed by atoms with Crippen LogP contribution in [0.4, 0.5) is 17.1 Å². The number of fused-ring (bicyclic) bond motifs is 1. The molecule has 0 unspecified atom stereocenters. The van der Waals surface area contributed by atoms with E-state index in [0.29, 0.717) is 17.3 Å². The van der Waals surface area contributed by atoms with Crippen molar-refractivity contribution in [2.45, 2.75) is 26.7 Å². The minimum atomic E-state index is -0.526. The molecule has 1 aliphatic heterocycles. The molecule has 10 heteroatoms. The lowest BCUT2D eigenvalue weighted by Crippen LogP contribution is -2.34. The van der Waals surface area contributed by atoms with Gasteiger partial charge in [-0.25, -0.2) is 4.98 Å². The molecule has 9 nitrogen and oxygen atoms in total. The molecule has 0 spiro atoms. The summed E-state index contributed by atoms with van der Waals surface area (Å²) in [4.78, 5) is 30.4. The van der Waals surface area contributed by atoms with Gasteiger partial charge in [0.1, 0.15) is 11.2 Å². The number of benzene rings is 3. The lowest BCUT2D eigenvalue weighted by Gasteiger charge is -2.18. The predicted molar refractivity (Wildman–Crippen MR) is 147 cm³/mol. The molecule has 1 fully saturated rings. The summed E-state index contributed by atoms with van der Waals surface area (Å²) in [5, 5.41) is 17.3. The second-order valence-electron chi connectivity index (χ2n) is 9.06. The van der Waals surface area contributed by atoms with E-state index in [-0.39, 0.29) is 16.4 Å². The molecule has 0 radical (unpaired) electrons. The third kappa shape index (κ3) is 5.14. The van der Waals surface area contributed by atoms with E-state index >= 15 is 0 Å². The van der Waals surface area contributed by atoms with Crippen molar-refractivity contribution in [2.75, 3.05) is 23.3 Å². The van der Waals surface area contributed by atoms with Crippen LogP contribution in [0.5, 0.6) is 0 Å². The van der Waals surface area contributed by atoms with E-state index < -0.39 is 10.8 Å². The summed E-state index contributed by atoms with van der Waals surface area (Å²) < 4.78 is 5.91. The van der Waals surface area contributed by atoms with Gasteiger partial charge < -0.3 is 14.6 Å². The van der Waals surface area contributed by atoms with Crippen LogP contribution in [0.1, 0.15) is 34.3 Å². The van der Waals surface area contributed by atoms with Crippen molar-refractivity contribution in [2.24, 2.45) is 0 Å². The SMILES string of the molecule is Cc1cc2nc(-c3ccc(NC(=S)NC(=O)c4ccc(N5CCCC5)c([N+](=O)[O-])c4)cc3)oc2cc1C. The minimum absolute atomic E-state index is 0.0804. The number of hydrogen-bond acceptors (Lipinski definition) is 7. The molecule has 1 amide bonds. The summed E-state index contributed by atoms with van der Waals surface area (Å²) >= 11 is 5.29. The zero-order chi connectivity index (χ0) is 26.1. The number of oxazole rings is 1. The molecule has 2 N–H and O–H groups in total. The van der Waals surface area contributed by atoms with Crippen molar-refractivity contribution in [1.82, 2.24) is 10.3 Å². The molecule has 1 aliphatic rings. The normalized spacial score (nSPS) is 13.1. The van der Waals surface area contributed by atoms with Gasteiger partial charge in [-0.15, -0.1) is 0 Å². The van der Waals surface area contributed by atoms with Crippen LogP contribution in [0.3, 0.4) is 0 Å². The fraction of sp³-hybridized carbons (Fsp3) is 0.222. The molecule has 188 valence electrons. The van der Waals surface area contributed by atoms with Crippen LogP contribution >= 0.6 is 12.2 Å². The van der Waals surface area contributed by atoms with Crippen molar-refractivity contribution in [1.29, 1.82) is 0 Å². The zero-order valence-corrected chi connectivity index (χ0v) is 21.2. The van der Waals surface area contributed by atoms with E-state index in [4.69, 9.17) is 16.6 Å². The second-order valence-corrected chi connectivity index (χ2v) is 9.47. The molecule has 0 atom stereocenters. The Kier molecular flexibility index (Phi) is 6.58. The van der Waals surface area contributed by atoms with Gasteiger partial charge in [0.05, 0.1) is 4.92 Å². The van der Waals surface area contributed by atoms with Crippen LogP contribution in [0, 0.1) is 24.0 Å². The number of carbonyl (C=O) groups excluding carboxylic acids is 1. The summed E-state index contributed by atoms with van der Waals surface area (Å²) in [6.45, 7) is 5.61. The average molecular weight is 516 g/mol. The van der Waals surface area contributed by atoms with E-state index in [9.17, 15) is 14.9 Å². The molecule has 3 aromatic carbocycles. The van der Waals surface area contributed by atoms with Crippen molar-refractivity contribution >= 4 is 51.4 Å². The molecular formula is C27H25N5O4S. The second kappa shape index (κ2) is 9.98. The quantitative estimate of drug-likeness (QED) is 0.196. The highest BCUT2D eigenvalue weighted by atomic mass is 32.1. The van der Waals surface area contributed by atoms with Crippen molar-refractivity contribution in [3.8, 4) is 11.5 Å². The van der Waals surface area contributed by atoms with Gasteiger partial charge in [0.2, 0.25) is 5.89 Å². The first-order valence-corrected chi connectivity index (χ1v) is 12.3. The number of rotatable bonds is 5. The minimum Gasteiger partial charge on any atom is -0.436 e. The van der Waals surface area contributed by atoms with Gasteiger partial charge in [0.15, 0.2) is 10.7 Å². The van der Waals surface area contributed by atoms with E-state index in [1.54, 1.807) is 24.3 Å². The molecular weight excluding hydrogens is 490 g/mol. The number of thiocarbonyl (C=S) groups is 1. The Balaban J connectivity index is 1.25. The van der Waals surface area contributed by atoms with Crippen LogP contribution in [0.2, 0.25) is 0 Å². The predicted octanol–water partition coefficient (Wildman–Crippen LogP) is 5.75. The zero-order valence-electron chi connectivity index (χ0n) is 20.4. The number of hydrogen-bond donors (Lipinski definition) is 2. The van der Waals surface area contributed by atoms with Crippen LogP contribution in [0.15, 0.2) is 59.0 Å². The summed E-state index contributed by atoms with van der Waals surface area (Å²) in [6, 6.07) is 15.8. The Morgan fingerprint density at radius 1 is 1.05 bits per heavy atom. The average Bonchev–Trinajstić information content (AvgIpc) is 3.55. The molecule has 0 bridgehead atoms. The smallest absolute Gasteiger partial charge is 0.293 e. The number of anilines is 2. The number of aryl methyl sites for hydroxylation is 2. The maximum atomic E-state index is 12.7. The van der Waals surface area contributed by atoms with Gasteiger partial charge in [0.25, 0.3) is 11.6 Å². The van der Waals surface area contributed by atoms with E-state index in [1.165, 1.54) is 6.07 Å². The van der Waals surface area contributed by atoms with Gasteiger partial charge in [-0.1, -0.05) is 0 Å². The highest BCUT2D eigenvalue weighted by Gasteiger charge is 2.24.